The lowest BCUT2D eigenvalue weighted by Gasteiger charge is -2.46. The van der Waals surface area contributed by atoms with E-state index in [1.165, 1.54) is 25.6 Å². The van der Waals surface area contributed by atoms with Crippen LogP contribution in [0.3, 0.4) is 0 Å². The zero-order valence-electron chi connectivity index (χ0n) is 27.5. The van der Waals surface area contributed by atoms with Crippen LogP contribution in [0.25, 0.3) is 0 Å². The number of carbonyl (C=O) groups excluding carboxylic acids is 3. The first-order valence-electron chi connectivity index (χ1n) is 16.5. The van der Waals surface area contributed by atoms with Gasteiger partial charge in [0.05, 0.1) is 48.3 Å². The molecule has 3 unspecified atom stereocenters. The predicted molar refractivity (Wildman–Crippen MR) is 183 cm³/mol. The number of hydrogen-bond donors (Lipinski definition) is 2. The van der Waals surface area contributed by atoms with Crippen LogP contribution in [0, 0.1) is 11.8 Å². The Morgan fingerprint density at radius 1 is 0.979 bits per heavy atom. The highest BCUT2D eigenvalue weighted by Gasteiger charge is 2.51. The fraction of sp³-hybridized carbons (Fsp3) is 0.543. The number of esters is 2. The molecule has 6 rings (SSSR count). The molecule has 13 heteroatoms. The van der Waals surface area contributed by atoms with Crippen molar-refractivity contribution in [2.75, 3.05) is 40.4 Å². The summed E-state index contributed by atoms with van der Waals surface area (Å²) in [5.41, 5.74) is 0.884. The third-order valence-corrected chi connectivity index (χ3v) is 12.3. The molecular weight excluding hydrogens is 675 g/mol. The van der Waals surface area contributed by atoms with E-state index in [0.29, 0.717) is 60.8 Å². The molecular formula is C35H42Cl2N4O6S. The minimum Gasteiger partial charge on any atom is -0.466 e. The Bertz CT molecular complexity index is 1580. The summed E-state index contributed by atoms with van der Waals surface area (Å²) in [6, 6.07) is 5.39. The van der Waals surface area contributed by atoms with Gasteiger partial charge in [-0.2, -0.15) is 0 Å². The molecule has 1 aromatic carbocycles. The van der Waals surface area contributed by atoms with Gasteiger partial charge < -0.3 is 24.8 Å². The number of fused-ring (bicyclic) bond motifs is 2. The van der Waals surface area contributed by atoms with E-state index in [1.54, 1.807) is 24.4 Å². The monoisotopic (exact) mass is 716 g/mol. The number of nitrogens with one attached hydrogen (secondary N) is 1. The Morgan fingerprint density at radius 3 is 2.15 bits per heavy atom. The highest BCUT2D eigenvalue weighted by Crippen LogP contribution is 2.51. The number of dihydropyridines is 1. The number of nitrogens with zero attached hydrogens (tertiary/aromatic N) is 3. The largest absolute Gasteiger partial charge is 0.466 e. The van der Waals surface area contributed by atoms with Crippen LogP contribution in [0.4, 0.5) is 0 Å². The highest BCUT2D eigenvalue weighted by molar-refractivity contribution is 7.09. The van der Waals surface area contributed by atoms with Crippen molar-refractivity contribution in [2.24, 2.45) is 11.8 Å². The number of aryl methyl sites for hydroxylation is 1. The van der Waals surface area contributed by atoms with Gasteiger partial charge in [-0.05, 0) is 63.0 Å². The summed E-state index contributed by atoms with van der Waals surface area (Å²) in [5, 5.41) is 17.5. The number of halogens is 2. The van der Waals surface area contributed by atoms with E-state index in [2.05, 4.69) is 15.2 Å². The molecule has 4 aliphatic rings. The van der Waals surface area contributed by atoms with Gasteiger partial charge in [0.25, 0.3) is 0 Å². The van der Waals surface area contributed by atoms with Crippen LogP contribution in [0.1, 0.15) is 61.9 Å². The first-order chi connectivity index (χ1) is 23.0. The number of aliphatic hydroxyl groups is 1. The van der Waals surface area contributed by atoms with Gasteiger partial charge in [-0.3, -0.25) is 9.69 Å². The van der Waals surface area contributed by atoms with Crippen LogP contribution in [-0.4, -0.2) is 89.8 Å². The van der Waals surface area contributed by atoms with Gasteiger partial charge in [0.2, 0.25) is 5.91 Å². The summed E-state index contributed by atoms with van der Waals surface area (Å²) in [6.07, 6.45) is 6.61. The van der Waals surface area contributed by atoms with Gasteiger partial charge in [-0.1, -0.05) is 29.3 Å². The number of ether oxygens (including phenoxy) is 2. The molecule has 1 saturated heterocycles. The van der Waals surface area contributed by atoms with Crippen LogP contribution < -0.4 is 5.32 Å². The summed E-state index contributed by atoms with van der Waals surface area (Å²) in [5.74, 6) is -1.90. The minimum absolute atomic E-state index is 0.0858. The van der Waals surface area contributed by atoms with Gasteiger partial charge >= 0.3 is 11.9 Å². The molecule has 2 bridgehead atoms. The van der Waals surface area contributed by atoms with Crippen molar-refractivity contribution in [3.63, 3.8) is 0 Å². The number of piperazine rings is 1. The molecule has 0 spiro atoms. The van der Waals surface area contributed by atoms with Crippen molar-refractivity contribution < 1.29 is 29.0 Å². The number of carbonyl (C=O) groups is 3. The first-order valence-corrected chi connectivity index (χ1v) is 18.1. The lowest BCUT2D eigenvalue weighted by Crippen LogP contribution is -2.55. The van der Waals surface area contributed by atoms with Gasteiger partial charge in [0.15, 0.2) is 0 Å². The fourth-order valence-corrected chi connectivity index (χ4v) is 9.45. The maximum Gasteiger partial charge on any atom is 0.336 e. The Labute approximate surface area is 295 Å². The van der Waals surface area contributed by atoms with E-state index in [0.717, 1.165) is 43.8 Å². The standard InChI is InChI=1S/C35H42Cl2N4O6S/c1-35(45)20-7-8-21(35)18-22(17-20)40-12-14-41(15-13-40)28(42)19-26-31(34(44)47-3)32(29-23(36)5-4-6-24(29)37)30(33(43)46-2)25(39-26)9-10-27-38-11-16-48-27/h4-6,11,16,20-22,32,39,45H,7-10,12-15,17-19H2,1-3H3/t20-,21+,22?,32?,35?. The lowest BCUT2D eigenvalue weighted by molar-refractivity contribution is -0.137. The Hall–Kier alpha value is -2.96. The second kappa shape index (κ2) is 14.5. The second-order valence-electron chi connectivity index (χ2n) is 13.3. The van der Waals surface area contributed by atoms with E-state index < -0.39 is 23.5 Å². The number of aromatic nitrogens is 1. The van der Waals surface area contributed by atoms with Gasteiger partial charge in [-0.25, -0.2) is 14.6 Å². The predicted octanol–water partition coefficient (Wildman–Crippen LogP) is 5.10. The molecule has 2 N–H and O–H groups in total. The van der Waals surface area contributed by atoms with Crippen molar-refractivity contribution in [2.45, 2.75) is 69.4 Å². The van der Waals surface area contributed by atoms with Crippen LogP contribution >= 0.6 is 34.5 Å². The van der Waals surface area contributed by atoms with Crippen LogP contribution in [0.15, 0.2) is 52.3 Å². The number of allylic oxidation sites excluding steroid dienone is 1. The fourth-order valence-electron chi connectivity index (χ4n) is 8.22. The molecule has 2 aliphatic heterocycles. The summed E-state index contributed by atoms with van der Waals surface area (Å²) in [4.78, 5) is 49.8. The molecule has 2 saturated carbocycles. The summed E-state index contributed by atoms with van der Waals surface area (Å²) in [6.45, 7) is 4.61. The average Bonchev–Trinajstić information content (AvgIpc) is 3.61. The van der Waals surface area contributed by atoms with Gasteiger partial charge in [-0.15, -0.1) is 11.3 Å². The van der Waals surface area contributed by atoms with E-state index >= 15 is 0 Å². The number of hydrogen-bond acceptors (Lipinski definition) is 10. The number of benzene rings is 1. The topological polar surface area (TPSA) is 121 Å². The van der Waals surface area contributed by atoms with E-state index in [1.807, 2.05) is 17.2 Å². The third-order valence-electron chi connectivity index (χ3n) is 10.8. The summed E-state index contributed by atoms with van der Waals surface area (Å²) < 4.78 is 10.5. The molecule has 5 atom stereocenters. The maximum absolute atomic E-state index is 14.0. The minimum atomic E-state index is -1.04. The zero-order chi connectivity index (χ0) is 34.2. The first kappa shape index (κ1) is 34.9. The molecule has 2 aliphatic carbocycles. The molecule has 3 fully saturated rings. The quantitative estimate of drug-likeness (QED) is 0.342. The van der Waals surface area contributed by atoms with Crippen LogP contribution in [-0.2, 0) is 30.3 Å². The smallest absolute Gasteiger partial charge is 0.336 e. The van der Waals surface area contributed by atoms with Crippen molar-refractivity contribution in [3.05, 3.63) is 72.9 Å². The number of rotatable bonds is 9. The number of thiazole rings is 1. The number of amides is 1. The zero-order valence-corrected chi connectivity index (χ0v) is 29.8. The Balaban J connectivity index is 1.29. The molecule has 258 valence electrons. The third kappa shape index (κ3) is 6.76. The van der Waals surface area contributed by atoms with Crippen LogP contribution in [0.2, 0.25) is 10.0 Å². The summed E-state index contributed by atoms with van der Waals surface area (Å²) in [7, 11) is 2.54. The van der Waals surface area contributed by atoms with Gasteiger partial charge in [0, 0.05) is 77.2 Å². The van der Waals surface area contributed by atoms with Crippen molar-refractivity contribution in [1.82, 2.24) is 20.1 Å². The molecule has 10 nitrogen and oxygen atoms in total. The Morgan fingerprint density at radius 2 is 1.58 bits per heavy atom. The summed E-state index contributed by atoms with van der Waals surface area (Å²) >= 11 is 15.0. The maximum atomic E-state index is 14.0. The molecule has 0 radical (unpaired) electrons. The van der Waals surface area contributed by atoms with E-state index in [-0.39, 0.29) is 33.5 Å². The Kier molecular flexibility index (Phi) is 10.5. The van der Waals surface area contributed by atoms with E-state index in [9.17, 15) is 19.5 Å². The molecule has 1 aromatic heterocycles. The lowest BCUT2D eigenvalue weighted by atomic mass is 9.73. The average molecular weight is 718 g/mol. The van der Waals surface area contributed by atoms with Crippen LogP contribution in [0.5, 0.6) is 0 Å². The van der Waals surface area contributed by atoms with E-state index in [4.69, 9.17) is 32.7 Å². The highest BCUT2D eigenvalue weighted by atomic mass is 35.5. The van der Waals surface area contributed by atoms with Crippen molar-refractivity contribution >= 4 is 52.4 Å². The molecule has 48 heavy (non-hydrogen) atoms. The molecule has 3 heterocycles. The normalized spacial score (nSPS) is 27.6. The SMILES string of the molecule is COC(=O)C1=C(CCc2nccs2)NC(CC(=O)N2CCN(C3C[C@H]4CC[C@@H](C3)C4(C)O)CC2)=C(C(=O)OC)C1c1c(Cl)cccc1Cl. The molecule has 1 amide bonds. The van der Waals surface area contributed by atoms with Crippen molar-refractivity contribution in [1.29, 1.82) is 0 Å². The molecule has 2 aromatic rings. The second-order valence-corrected chi connectivity index (χ2v) is 15.1. The number of methoxy groups -OCH3 is 2. The van der Waals surface area contributed by atoms with Crippen molar-refractivity contribution in [3.8, 4) is 0 Å². The van der Waals surface area contributed by atoms with Gasteiger partial charge in [0.1, 0.15) is 0 Å².